The van der Waals surface area contributed by atoms with Gasteiger partial charge in [0.2, 0.25) is 0 Å². The second kappa shape index (κ2) is 5.90. The molecule has 0 fully saturated rings. The van der Waals surface area contributed by atoms with Crippen LogP contribution in [0.3, 0.4) is 0 Å². The summed E-state index contributed by atoms with van der Waals surface area (Å²) in [6.07, 6.45) is 0. The van der Waals surface area contributed by atoms with E-state index in [0.717, 1.165) is 12.1 Å². The Morgan fingerprint density at radius 2 is 1.81 bits per heavy atom. The summed E-state index contributed by atoms with van der Waals surface area (Å²) in [6.45, 7) is 0. The monoisotopic (exact) mass is 344 g/mol. The fraction of sp³-hybridized carbons (Fsp3) is 0. The second-order valence-corrected chi connectivity index (χ2v) is 6.48. The van der Waals surface area contributed by atoms with Crippen LogP contribution in [0.2, 0.25) is 10.0 Å². The third kappa shape index (κ3) is 3.45. The Labute approximate surface area is 130 Å². The molecule has 0 radical (unpaired) electrons. The van der Waals surface area contributed by atoms with Crippen molar-refractivity contribution >= 4 is 38.9 Å². The molecule has 0 unspecified atom stereocenters. The van der Waals surface area contributed by atoms with E-state index < -0.39 is 15.8 Å². The predicted molar refractivity (Wildman–Crippen MR) is 78.4 cm³/mol. The van der Waals surface area contributed by atoms with Crippen LogP contribution in [0, 0.1) is 17.1 Å². The van der Waals surface area contributed by atoms with Crippen LogP contribution in [0.15, 0.2) is 41.3 Å². The highest BCUT2D eigenvalue weighted by atomic mass is 35.5. The van der Waals surface area contributed by atoms with Gasteiger partial charge in [0.05, 0.1) is 32.3 Å². The molecule has 0 saturated heterocycles. The maximum Gasteiger partial charge on any atom is 0.262 e. The Hall–Kier alpha value is -1.81. The van der Waals surface area contributed by atoms with Crippen molar-refractivity contribution in [2.24, 2.45) is 0 Å². The number of anilines is 1. The molecule has 0 saturated carbocycles. The van der Waals surface area contributed by atoms with E-state index in [1.54, 1.807) is 6.07 Å². The van der Waals surface area contributed by atoms with Gasteiger partial charge in [0.15, 0.2) is 0 Å². The van der Waals surface area contributed by atoms with Gasteiger partial charge >= 0.3 is 0 Å². The molecule has 0 aromatic heterocycles. The van der Waals surface area contributed by atoms with Crippen molar-refractivity contribution in [3.63, 3.8) is 0 Å². The number of nitrogens with zero attached hydrogens (tertiary/aromatic N) is 1. The number of rotatable bonds is 3. The zero-order valence-electron chi connectivity index (χ0n) is 10.3. The first kappa shape index (κ1) is 15.6. The molecule has 0 aliphatic carbocycles. The molecule has 0 aliphatic rings. The third-order valence-corrected chi connectivity index (χ3v) is 4.65. The largest absolute Gasteiger partial charge is 0.277 e. The van der Waals surface area contributed by atoms with Crippen molar-refractivity contribution in [1.82, 2.24) is 0 Å². The van der Waals surface area contributed by atoms with Crippen molar-refractivity contribution in [1.29, 1.82) is 5.26 Å². The molecule has 0 spiro atoms. The molecule has 108 valence electrons. The van der Waals surface area contributed by atoms with Crippen LogP contribution in [0.5, 0.6) is 0 Å². The Bertz CT molecular complexity index is 848. The molecule has 0 atom stereocenters. The van der Waals surface area contributed by atoms with Crippen molar-refractivity contribution < 1.29 is 12.8 Å². The highest BCUT2D eigenvalue weighted by Crippen LogP contribution is 2.26. The van der Waals surface area contributed by atoms with Gasteiger partial charge in [0, 0.05) is 0 Å². The molecule has 4 nitrogen and oxygen atoms in total. The van der Waals surface area contributed by atoms with Crippen LogP contribution < -0.4 is 4.72 Å². The Morgan fingerprint density at radius 3 is 2.38 bits per heavy atom. The lowest BCUT2D eigenvalue weighted by Gasteiger charge is -2.09. The molecule has 2 rings (SSSR count). The number of halogens is 3. The lowest BCUT2D eigenvalue weighted by molar-refractivity contribution is 0.598. The molecule has 8 heteroatoms. The maximum atomic E-state index is 13.7. The van der Waals surface area contributed by atoms with Gasteiger partial charge in [-0.15, -0.1) is 0 Å². The zero-order valence-corrected chi connectivity index (χ0v) is 12.6. The average Bonchev–Trinajstić information content (AvgIpc) is 2.43. The summed E-state index contributed by atoms with van der Waals surface area (Å²) in [5.41, 5.74) is -0.176. The Kier molecular flexibility index (Phi) is 4.37. The maximum absolute atomic E-state index is 13.7. The van der Waals surface area contributed by atoms with Crippen molar-refractivity contribution in [2.45, 2.75) is 4.90 Å². The van der Waals surface area contributed by atoms with Crippen molar-refractivity contribution in [2.75, 3.05) is 4.72 Å². The standard InChI is InChI=1S/C13H7Cl2FN2O2S/c14-10-3-2-9(6-11(10)15)21(19,20)18-13-4-1-8(7-17)5-12(13)16/h1-6,18H. The van der Waals surface area contributed by atoms with E-state index in [4.69, 9.17) is 28.5 Å². The molecular formula is C13H7Cl2FN2O2S. The van der Waals surface area contributed by atoms with Crippen LogP contribution >= 0.6 is 23.2 Å². The summed E-state index contributed by atoms with van der Waals surface area (Å²) < 4.78 is 40.0. The molecule has 0 heterocycles. The van der Waals surface area contributed by atoms with E-state index in [9.17, 15) is 12.8 Å². The number of nitriles is 1. The van der Waals surface area contributed by atoms with Crippen LogP contribution in [-0.2, 0) is 10.0 Å². The van der Waals surface area contributed by atoms with E-state index >= 15 is 0 Å². The van der Waals surface area contributed by atoms with Crippen LogP contribution in [-0.4, -0.2) is 8.42 Å². The van der Waals surface area contributed by atoms with Gasteiger partial charge in [-0.25, -0.2) is 12.8 Å². The Morgan fingerprint density at radius 1 is 1.10 bits per heavy atom. The number of nitrogens with one attached hydrogen (secondary N) is 1. The normalized spacial score (nSPS) is 11.0. The van der Waals surface area contributed by atoms with Crippen molar-refractivity contribution in [3.8, 4) is 6.07 Å². The second-order valence-electron chi connectivity index (χ2n) is 3.99. The third-order valence-electron chi connectivity index (χ3n) is 2.54. The fourth-order valence-corrected chi connectivity index (χ4v) is 2.97. The van der Waals surface area contributed by atoms with Crippen LogP contribution in [0.25, 0.3) is 0 Å². The molecule has 2 aromatic carbocycles. The number of hydrogen-bond acceptors (Lipinski definition) is 3. The summed E-state index contributed by atoms with van der Waals surface area (Å²) in [5, 5.41) is 8.92. The average molecular weight is 345 g/mol. The van der Waals surface area contributed by atoms with Gasteiger partial charge in [0.25, 0.3) is 10.0 Å². The van der Waals surface area contributed by atoms with Gasteiger partial charge in [-0.1, -0.05) is 23.2 Å². The molecule has 0 aliphatic heterocycles. The molecule has 1 N–H and O–H groups in total. The van der Waals surface area contributed by atoms with Gasteiger partial charge in [-0.05, 0) is 36.4 Å². The Balaban J connectivity index is 2.37. The summed E-state index contributed by atoms with van der Waals surface area (Å²) in [4.78, 5) is -0.152. The smallest absolute Gasteiger partial charge is 0.262 e. The number of hydrogen-bond donors (Lipinski definition) is 1. The van der Waals surface area contributed by atoms with E-state index in [2.05, 4.69) is 4.72 Å². The van der Waals surface area contributed by atoms with E-state index in [-0.39, 0.29) is 26.2 Å². The van der Waals surface area contributed by atoms with Crippen molar-refractivity contribution in [3.05, 3.63) is 57.8 Å². The topological polar surface area (TPSA) is 70.0 Å². The summed E-state index contributed by atoms with van der Waals surface area (Å²) in [7, 11) is -4.01. The zero-order chi connectivity index (χ0) is 15.6. The molecule has 2 aromatic rings. The first-order chi connectivity index (χ1) is 9.83. The van der Waals surface area contributed by atoms with Gasteiger partial charge in [0.1, 0.15) is 5.82 Å². The summed E-state index contributed by atoms with van der Waals surface area (Å²) in [6, 6.07) is 8.90. The molecule has 0 bridgehead atoms. The highest BCUT2D eigenvalue weighted by molar-refractivity contribution is 7.92. The van der Waals surface area contributed by atoms with Crippen LogP contribution in [0.4, 0.5) is 10.1 Å². The minimum atomic E-state index is -4.01. The van der Waals surface area contributed by atoms with Gasteiger partial charge < -0.3 is 0 Å². The van der Waals surface area contributed by atoms with Gasteiger partial charge in [-0.3, -0.25) is 4.72 Å². The first-order valence-electron chi connectivity index (χ1n) is 5.51. The highest BCUT2D eigenvalue weighted by Gasteiger charge is 2.17. The quantitative estimate of drug-likeness (QED) is 0.920. The minimum absolute atomic E-state index is 0.0693. The predicted octanol–water partition coefficient (Wildman–Crippen LogP) is 3.80. The summed E-state index contributed by atoms with van der Waals surface area (Å²) in [5.74, 6) is -0.849. The first-order valence-corrected chi connectivity index (χ1v) is 7.75. The molecule has 21 heavy (non-hydrogen) atoms. The van der Waals surface area contributed by atoms with Crippen LogP contribution in [0.1, 0.15) is 5.56 Å². The SMILES string of the molecule is N#Cc1ccc(NS(=O)(=O)c2ccc(Cl)c(Cl)c2)c(F)c1. The molecular weight excluding hydrogens is 338 g/mol. The lowest BCUT2D eigenvalue weighted by Crippen LogP contribution is -2.14. The summed E-state index contributed by atoms with van der Waals surface area (Å²) >= 11 is 11.5. The minimum Gasteiger partial charge on any atom is -0.277 e. The lowest BCUT2D eigenvalue weighted by atomic mass is 10.2. The van der Waals surface area contributed by atoms with Gasteiger partial charge in [-0.2, -0.15) is 5.26 Å². The number of benzene rings is 2. The number of sulfonamides is 1. The van der Waals surface area contributed by atoms with E-state index in [1.165, 1.54) is 24.3 Å². The van der Waals surface area contributed by atoms with E-state index in [1.807, 2.05) is 0 Å². The molecule has 0 amide bonds. The van der Waals surface area contributed by atoms with E-state index in [0.29, 0.717) is 0 Å². The fourth-order valence-electron chi connectivity index (χ4n) is 1.52.